The van der Waals surface area contributed by atoms with Crippen molar-refractivity contribution in [2.75, 3.05) is 25.0 Å². The molecular formula is C21H27N4O2S+. The number of benzene rings is 1. The number of piperidine rings is 1. The molecular weight excluding hydrogens is 372 g/mol. The summed E-state index contributed by atoms with van der Waals surface area (Å²) in [6.45, 7) is 8.59. The highest BCUT2D eigenvalue weighted by atomic mass is 32.1. The molecule has 1 fully saturated rings. The number of nitrogens with one attached hydrogen (secondary N) is 2. The minimum Gasteiger partial charge on any atom is -0.338 e. The van der Waals surface area contributed by atoms with Crippen LogP contribution in [0.15, 0.2) is 34.9 Å². The van der Waals surface area contributed by atoms with Gasteiger partial charge in [0, 0.05) is 11.5 Å². The Kier molecular flexibility index (Phi) is 5.21. The lowest BCUT2D eigenvalue weighted by Crippen LogP contribution is -3.14. The smallest absolute Gasteiger partial charge is 0.281 e. The summed E-state index contributed by atoms with van der Waals surface area (Å²) in [5, 5.41) is 8.11. The molecule has 6 nitrogen and oxygen atoms in total. The van der Waals surface area contributed by atoms with Crippen LogP contribution < -0.4 is 10.2 Å². The summed E-state index contributed by atoms with van der Waals surface area (Å²) in [5.41, 5.74) is 1.81. The number of amides is 1. The molecule has 148 valence electrons. The number of para-hydroxylation sites is 1. The van der Waals surface area contributed by atoms with Crippen LogP contribution in [0.1, 0.15) is 50.2 Å². The van der Waals surface area contributed by atoms with Crippen molar-refractivity contribution < 1.29 is 14.2 Å². The van der Waals surface area contributed by atoms with Crippen LogP contribution in [0.25, 0.3) is 10.2 Å². The van der Waals surface area contributed by atoms with Gasteiger partial charge in [-0.05, 0) is 25.0 Å². The number of anilines is 1. The van der Waals surface area contributed by atoms with Crippen molar-refractivity contribution in [3.8, 4) is 0 Å². The molecule has 3 aromatic rings. The van der Waals surface area contributed by atoms with Gasteiger partial charge in [-0.1, -0.05) is 38.1 Å². The van der Waals surface area contributed by atoms with Gasteiger partial charge >= 0.3 is 0 Å². The van der Waals surface area contributed by atoms with Gasteiger partial charge < -0.3 is 9.42 Å². The van der Waals surface area contributed by atoms with Crippen molar-refractivity contribution in [2.45, 2.75) is 44.9 Å². The van der Waals surface area contributed by atoms with Crippen LogP contribution in [0.3, 0.4) is 0 Å². The van der Waals surface area contributed by atoms with E-state index in [9.17, 15) is 4.79 Å². The van der Waals surface area contributed by atoms with Crippen molar-refractivity contribution in [3.63, 3.8) is 0 Å². The summed E-state index contributed by atoms with van der Waals surface area (Å²) in [6.07, 6.45) is 2.25. The molecule has 3 heterocycles. The number of carbonyl (C=O) groups excluding carboxylic acids is 1. The molecule has 0 radical (unpaired) electrons. The minimum absolute atomic E-state index is 0.0310. The lowest BCUT2D eigenvalue weighted by atomic mass is 9.92. The molecule has 1 aliphatic heterocycles. The van der Waals surface area contributed by atoms with Gasteiger partial charge in [-0.25, -0.2) is 4.98 Å². The molecule has 0 saturated carbocycles. The SMILES string of the molecule is CC(C)(C)c1cc(NC(=O)C[NH+]2CCC[C@@H](c3nc4ccccc4s3)C2)on1. The van der Waals surface area contributed by atoms with Gasteiger partial charge in [-0.3, -0.25) is 10.1 Å². The zero-order chi connectivity index (χ0) is 19.7. The zero-order valence-electron chi connectivity index (χ0n) is 16.6. The van der Waals surface area contributed by atoms with Crippen LogP contribution in [0.5, 0.6) is 0 Å². The Labute approximate surface area is 168 Å². The lowest BCUT2D eigenvalue weighted by Gasteiger charge is -2.28. The van der Waals surface area contributed by atoms with E-state index in [-0.39, 0.29) is 11.3 Å². The maximum Gasteiger partial charge on any atom is 0.281 e. The fourth-order valence-electron chi connectivity index (χ4n) is 3.68. The van der Waals surface area contributed by atoms with Gasteiger partial charge in [-0.2, -0.15) is 0 Å². The monoisotopic (exact) mass is 399 g/mol. The molecule has 0 aliphatic carbocycles. The van der Waals surface area contributed by atoms with Crippen LogP contribution >= 0.6 is 11.3 Å². The predicted molar refractivity (Wildman–Crippen MR) is 111 cm³/mol. The number of rotatable bonds is 4. The van der Waals surface area contributed by atoms with Crippen LogP contribution in [-0.4, -0.2) is 35.7 Å². The lowest BCUT2D eigenvalue weighted by molar-refractivity contribution is -0.898. The van der Waals surface area contributed by atoms with Crippen molar-refractivity contribution in [2.24, 2.45) is 0 Å². The van der Waals surface area contributed by atoms with Crippen molar-refractivity contribution in [3.05, 3.63) is 41.0 Å². The highest BCUT2D eigenvalue weighted by Crippen LogP contribution is 2.30. The van der Waals surface area contributed by atoms with Gasteiger partial charge in [0.1, 0.15) is 5.01 Å². The van der Waals surface area contributed by atoms with E-state index in [4.69, 9.17) is 9.51 Å². The quantitative estimate of drug-likeness (QED) is 0.707. The zero-order valence-corrected chi connectivity index (χ0v) is 17.4. The molecule has 1 saturated heterocycles. The molecule has 1 aliphatic rings. The summed E-state index contributed by atoms with van der Waals surface area (Å²) in [5.74, 6) is 0.817. The van der Waals surface area contributed by atoms with Crippen molar-refractivity contribution in [1.82, 2.24) is 10.1 Å². The predicted octanol–water partition coefficient (Wildman–Crippen LogP) is 2.98. The molecule has 1 amide bonds. The van der Waals surface area contributed by atoms with Crippen molar-refractivity contribution in [1.29, 1.82) is 0 Å². The average molecular weight is 400 g/mol. The Morgan fingerprint density at radius 1 is 1.36 bits per heavy atom. The fourth-order valence-corrected chi connectivity index (χ4v) is 4.79. The van der Waals surface area contributed by atoms with E-state index >= 15 is 0 Å². The summed E-state index contributed by atoms with van der Waals surface area (Å²) in [7, 11) is 0. The molecule has 0 spiro atoms. The molecule has 4 rings (SSSR count). The van der Waals surface area contributed by atoms with Crippen LogP contribution in [0, 0.1) is 0 Å². The minimum atomic E-state index is -0.102. The van der Waals surface area contributed by atoms with E-state index in [2.05, 4.69) is 49.4 Å². The Hall–Kier alpha value is -2.25. The number of hydrogen-bond acceptors (Lipinski definition) is 5. The standard InChI is InChI=1S/C21H26N4O2S/c1-21(2,3)17-11-19(27-24-17)23-18(26)13-25-10-6-7-14(12-25)20-22-15-8-4-5-9-16(15)28-20/h4-5,8-9,11,14H,6-7,10,12-13H2,1-3H3,(H,23,26)/p+1/t14-/m1/s1. The molecule has 0 bridgehead atoms. The summed E-state index contributed by atoms with van der Waals surface area (Å²) in [6, 6.07) is 10.1. The first-order chi connectivity index (χ1) is 13.4. The number of carbonyl (C=O) groups is 1. The Balaban J connectivity index is 1.36. The van der Waals surface area contributed by atoms with E-state index in [0.717, 1.165) is 37.1 Å². The number of fused-ring (bicyclic) bond motifs is 1. The second-order valence-electron chi connectivity index (χ2n) is 8.61. The summed E-state index contributed by atoms with van der Waals surface area (Å²) >= 11 is 1.78. The number of thiazole rings is 1. The maximum absolute atomic E-state index is 12.5. The first-order valence-corrected chi connectivity index (χ1v) is 10.7. The van der Waals surface area contributed by atoms with E-state index in [0.29, 0.717) is 18.3 Å². The number of aromatic nitrogens is 2. The van der Waals surface area contributed by atoms with Gasteiger partial charge in [0.25, 0.3) is 5.91 Å². The third kappa shape index (κ3) is 4.25. The molecule has 28 heavy (non-hydrogen) atoms. The Morgan fingerprint density at radius 2 is 2.18 bits per heavy atom. The van der Waals surface area contributed by atoms with Gasteiger partial charge in [0.05, 0.1) is 34.9 Å². The number of hydrogen-bond donors (Lipinski definition) is 2. The average Bonchev–Trinajstić information content (AvgIpc) is 3.28. The van der Waals surface area contributed by atoms with Crippen LogP contribution in [-0.2, 0) is 10.2 Å². The molecule has 2 aromatic heterocycles. The van der Waals surface area contributed by atoms with Gasteiger partial charge in [-0.15, -0.1) is 11.3 Å². The van der Waals surface area contributed by atoms with Crippen molar-refractivity contribution >= 4 is 33.3 Å². The molecule has 7 heteroatoms. The van der Waals surface area contributed by atoms with Gasteiger partial charge in [0.15, 0.2) is 6.54 Å². The van der Waals surface area contributed by atoms with E-state index < -0.39 is 0 Å². The first-order valence-electron chi connectivity index (χ1n) is 9.84. The van der Waals surface area contributed by atoms with Gasteiger partial charge in [0.2, 0.25) is 5.88 Å². The summed E-state index contributed by atoms with van der Waals surface area (Å²) < 4.78 is 6.51. The molecule has 1 aromatic carbocycles. The third-order valence-corrected chi connectivity index (χ3v) is 6.43. The molecule has 2 N–H and O–H groups in total. The van der Waals surface area contributed by atoms with E-state index in [1.807, 2.05) is 12.1 Å². The van der Waals surface area contributed by atoms with Crippen LogP contribution in [0.4, 0.5) is 5.88 Å². The van der Waals surface area contributed by atoms with E-state index in [1.165, 1.54) is 14.6 Å². The Morgan fingerprint density at radius 3 is 2.93 bits per heavy atom. The number of quaternary nitrogens is 1. The Bertz CT molecular complexity index is 939. The molecule has 1 unspecified atom stereocenters. The normalized spacial score (nSPS) is 20.4. The number of nitrogens with zero attached hydrogens (tertiary/aromatic N) is 2. The second kappa shape index (κ2) is 7.64. The largest absolute Gasteiger partial charge is 0.338 e. The highest BCUT2D eigenvalue weighted by molar-refractivity contribution is 7.18. The second-order valence-corrected chi connectivity index (χ2v) is 9.68. The fraction of sp³-hybridized carbons (Fsp3) is 0.476. The first kappa shape index (κ1) is 19.1. The van der Waals surface area contributed by atoms with Crippen LogP contribution in [0.2, 0.25) is 0 Å². The molecule has 2 atom stereocenters. The maximum atomic E-state index is 12.5. The topological polar surface area (TPSA) is 72.5 Å². The summed E-state index contributed by atoms with van der Waals surface area (Å²) in [4.78, 5) is 18.6. The third-order valence-electron chi connectivity index (χ3n) is 5.23. The van der Waals surface area contributed by atoms with E-state index in [1.54, 1.807) is 11.3 Å². The number of likely N-dealkylation sites (tertiary alicyclic amines) is 1. The highest BCUT2D eigenvalue weighted by Gasteiger charge is 2.28.